The maximum absolute atomic E-state index is 12.8. The van der Waals surface area contributed by atoms with Gasteiger partial charge >= 0.3 is 12.2 Å². The van der Waals surface area contributed by atoms with Crippen LogP contribution in [0.15, 0.2) is 18.3 Å². The van der Waals surface area contributed by atoms with Crippen molar-refractivity contribution in [3.63, 3.8) is 0 Å². The summed E-state index contributed by atoms with van der Waals surface area (Å²) < 4.78 is 61.0. The first kappa shape index (κ1) is 12.6. The summed E-state index contributed by atoms with van der Waals surface area (Å²) >= 11 is 0. The maximum atomic E-state index is 12.8. The van der Waals surface area contributed by atoms with Crippen LogP contribution in [-0.2, 0) is 5.92 Å². The molecule has 0 aliphatic heterocycles. The van der Waals surface area contributed by atoms with Crippen LogP contribution in [-0.4, -0.2) is 23.0 Å². The van der Waals surface area contributed by atoms with Crippen molar-refractivity contribution in [2.24, 2.45) is 0 Å². The predicted molar refractivity (Wildman–Crippen MR) is 44.9 cm³/mol. The standard InChI is InChI=1S/C8H7F5N2O/c9-7(10,4-16)6-2-1-5(3-14-6)15-8(11,12)13/h1-3,15-16H,4H2. The molecule has 0 amide bonds. The fraction of sp³-hybridized carbons (Fsp3) is 0.375. The number of rotatable bonds is 3. The second kappa shape index (κ2) is 4.20. The number of halogens is 5. The Balaban J connectivity index is 2.84. The summed E-state index contributed by atoms with van der Waals surface area (Å²) in [7, 11) is 0. The van der Waals surface area contributed by atoms with E-state index in [-0.39, 0.29) is 0 Å². The lowest BCUT2D eigenvalue weighted by Gasteiger charge is -2.13. The van der Waals surface area contributed by atoms with Gasteiger partial charge in [0.15, 0.2) is 0 Å². The second-order valence-corrected chi connectivity index (χ2v) is 2.92. The number of aromatic nitrogens is 1. The zero-order valence-corrected chi connectivity index (χ0v) is 7.72. The molecular weight excluding hydrogens is 235 g/mol. The third kappa shape index (κ3) is 3.30. The van der Waals surface area contributed by atoms with Crippen molar-refractivity contribution in [1.29, 1.82) is 0 Å². The van der Waals surface area contributed by atoms with Crippen LogP contribution < -0.4 is 5.32 Å². The lowest BCUT2D eigenvalue weighted by molar-refractivity contribution is -0.0999. The number of nitrogens with zero attached hydrogens (tertiary/aromatic N) is 1. The molecule has 1 aromatic rings. The van der Waals surface area contributed by atoms with Crippen LogP contribution in [0, 0.1) is 0 Å². The number of hydrogen-bond acceptors (Lipinski definition) is 3. The SMILES string of the molecule is OCC(F)(F)c1ccc(NC(F)(F)F)cn1. The highest BCUT2D eigenvalue weighted by Crippen LogP contribution is 2.26. The van der Waals surface area contributed by atoms with E-state index in [4.69, 9.17) is 5.11 Å². The molecule has 0 spiro atoms. The molecule has 0 aliphatic carbocycles. The van der Waals surface area contributed by atoms with E-state index in [2.05, 4.69) is 4.98 Å². The van der Waals surface area contributed by atoms with E-state index in [1.54, 1.807) is 0 Å². The summed E-state index contributed by atoms with van der Waals surface area (Å²) in [4.78, 5) is 3.13. The molecule has 0 saturated heterocycles. The largest absolute Gasteiger partial charge is 0.482 e. The maximum Gasteiger partial charge on any atom is 0.482 e. The Morgan fingerprint density at radius 3 is 2.19 bits per heavy atom. The van der Waals surface area contributed by atoms with Crippen molar-refractivity contribution >= 4 is 5.69 Å². The van der Waals surface area contributed by atoms with Gasteiger partial charge in [0.2, 0.25) is 0 Å². The Morgan fingerprint density at radius 2 is 1.81 bits per heavy atom. The van der Waals surface area contributed by atoms with Crippen molar-refractivity contribution < 1.29 is 27.1 Å². The molecule has 16 heavy (non-hydrogen) atoms. The van der Waals surface area contributed by atoms with E-state index in [0.717, 1.165) is 11.4 Å². The Hall–Kier alpha value is -1.44. The van der Waals surface area contributed by atoms with E-state index in [0.29, 0.717) is 12.3 Å². The molecule has 0 atom stereocenters. The van der Waals surface area contributed by atoms with Gasteiger partial charge in [-0.3, -0.25) is 10.3 Å². The van der Waals surface area contributed by atoms with E-state index in [1.807, 2.05) is 0 Å². The van der Waals surface area contributed by atoms with Gasteiger partial charge in [0, 0.05) is 0 Å². The van der Waals surface area contributed by atoms with E-state index in [1.165, 1.54) is 0 Å². The first-order valence-corrected chi connectivity index (χ1v) is 4.05. The fourth-order valence-corrected chi connectivity index (χ4v) is 0.929. The summed E-state index contributed by atoms with van der Waals surface area (Å²) in [5.41, 5.74) is -1.24. The van der Waals surface area contributed by atoms with Crippen LogP contribution in [0.3, 0.4) is 0 Å². The van der Waals surface area contributed by atoms with Gasteiger partial charge in [0.1, 0.15) is 12.3 Å². The summed E-state index contributed by atoms with van der Waals surface area (Å²) in [6, 6.07) is 1.52. The molecule has 0 unspecified atom stereocenters. The lowest BCUT2D eigenvalue weighted by Crippen LogP contribution is -2.22. The third-order valence-electron chi connectivity index (χ3n) is 1.62. The first-order valence-electron chi connectivity index (χ1n) is 4.05. The Kier molecular flexibility index (Phi) is 3.32. The quantitative estimate of drug-likeness (QED) is 0.630. The van der Waals surface area contributed by atoms with Gasteiger partial charge in [-0.15, -0.1) is 0 Å². The van der Waals surface area contributed by atoms with Gasteiger partial charge in [-0.05, 0) is 12.1 Å². The third-order valence-corrected chi connectivity index (χ3v) is 1.62. The van der Waals surface area contributed by atoms with Crippen LogP contribution in [0.5, 0.6) is 0 Å². The molecule has 0 saturated carbocycles. The van der Waals surface area contributed by atoms with Crippen molar-refractivity contribution in [3.05, 3.63) is 24.0 Å². The average molecular weight is 242 g/mol. The van der Waals surface area contributed by atoms with Crippen LogP contribution in [0.1, 0.15) is 5.69 Å². The first-order chi connectivity index (χ1) is 7.24. The van der Waals surface area contributed by atoms with Gasteiger partial charge in [-0.1, -0.05) is 0 Å². The molecule has 1 rings (SSSR count). The van der Waals surface area contributed by atoms with E-state index in [9.17, 15) is 22.0 Å². The Morgan fingerprint density at radius 1 is 1.19 bits per heavy atom. The normalized spacial score (nSPS) is 12.6. The van der Waals surface area contributed by atoms with Crippen molar-refractivity contribution in [2.45, 2.75) is 12.2 Å². The van der Waals surface area contributed by atoms with E-state index < -0.39 is 30.2 Å². The van der Waals surface area contributed by atoms with Crippen LogP contribution >= 0.6 is 0 Å². The minimum absolute atomic E-state index is 0.454. The van der Waals surface area contributed by atoms with Crippen molar-refractivity contribution in [2.75, 3.05) is 11.9 Å². The highest BCUT2D eigenvalue weighted by atomic mass is 19.4. The summed E-state index contributed by atoms with van der Waals surface area (Å²) in [5.74, 6) is -3.56. The molecule has 90 valence electrons. The highest BCUT2D eigenvalue weighted by molar-refractivity contribution is 5.42. The number of nitrogens with one attached hydrogen (secondary N) is 1. The van der Waals surface area contributed by atoms with Gasteiger partial charge in [0.05, 0.1) is 11.9 Å². The average Bonchev–Trinajstić information content (AvgIpc) is 2.16. The summed E-state index contributed by atoms with van der Waals surface area (Å²) in [5, 5.41) is 9.43. The van der Waals surface area contributed by atoms with Crippen molar-refractivity contribution in [3.8, 4) is 0 Å². The highest BCUT2D eigenvalue weighted by Gasteiger charge is 2.32. The summed E-state index contributed by atoms with van der Waals surface area (Å²) in [6.07, 6.45) is -4.03. The van der Waals surface area contributed by atoms with E-state index >= 15 is 0 Å². The summed E-state index contributed by atoms with van der Waals surface area (Å²) in [6.45, 7) is -1.45. The second-order valence-electron chi connectivity index (χ2n) is 2.92. The van der Waals surface area contributed by atoms with Crippen LogP contribution in [0.25, 0.3) is 0 Å². The fourth-order valence-electron chi connectivity index (χ4n) is 0.929. The molecule has 1 aromatic heterocycles. The van der Waals surface area contributed by atoms with Gasteiger partial charge < -0.3 is 5.11 Å². The molecular formula is C8H7F5N2O. The van der Waals surface area contributed by atoms with Gasteiger partial charge in [0.25, 0.3) is 0 Å². The monoisotopic (exact) mass is 242 g/mol. The number of aliphatic hydroxyl groups excluding tert-OH is 1. The minimum atomic E-state index is -4.65. The van der Waals surface area contributed by atoms with Crippen molar-refractivity contribution in [1.82, 2.24) is 4.98 Å². The number of hydrogen-bond donors (Lipinski definition) is 2. The van der Waals surface area contributed by atoms with Crippen LogP contribution in [0.4, 0.5) is 27.6 Å². The zero-order valence-electron chi connectivity index (χ0n) is 7.72. The molecule has 0 radical (unpaired) electrons. The minimum Gasteiger partial charge on any atom is -0.390 e. The Bertz CT molecular complexity index is 348. The van der Waals surface area contributed by atoms with Gasteiger partial charge in [-0.2, -0.15) is 22.0 Å². The molecule has 0 aliphatic rings. The zero-order chi connectivity index (χ0) is 12.4. The predicted octanol–water partition coefficient (Wildman–Crippen LogP) is 2.10. The number of pyridine rings is 1. The molecule has 0 aromatic carbocycles. The lowest BCUT2D eigenvalue weighted by atomic mass is 10.2. The molecule has 3 nitrogen and oxygen atoms in total. The topological polar surface area (TPSA) is 45.1 Å². The number of alkyl halides is 5. The smallest absolute Gasteiger partial charge is 0.390 e. The molecule has 1 heterocycles. The molecule has 2 N–H and O–H groups in total. The van der Waals surface area contributed by atoms with Crippen LogP contribution in [0.2, 0.25) is 0 Å². The number of aliphatic hydroxyl groups is 1. The van der Waals surface area contributed by atoms with Gasteiger partial charge in [-0.25, -0.2) is 0 Å². The molecule has 8 heteroatoms. The molecule has 0 fully saturated rings. The molecule has 0 bridgehead atoms. The number of anilines is 1. The Labute approximate surface area is 86.9 Å².